The van der Waals surface area contributed by atoms with Crippen LogP contribution in [0.5, 0.6) is 0 Å². The first-order chi connectivity index (χ1) is 9.65. The summed E-state index contributed by atoms with van der Waals surface area (Å²) < 4.78 is 0. The molecular formula is C20H28. The van der Waals surface area contributed by atoms with E-state index in [0.29, 0.717) is 5.92 Å². The molecule has 1 atom stereocenters. The Morgan fingerprint density at radius 1 is 0.750 bits per heavy atom. The lowest BCUT2D eigenvalue weighted by atomic mass is 9.91. The molecule has 0 spiro atoms. The maximum Gasteiger partial charge on any atom is -0.0167 e. The van der Waals surface area contributed by atoms with Crippen molar-refractivity contribution in [3.8, 4) is 0 Å². The van der Waals surface area contributed by atoms with Crippen LogP contribution in [0.4, 0.5) is 0 Å². The summed E-state index contributed by atoms with van der Waals surface area (Å²) >= 11 is 0. The second kappa shape index (κ2) is 9.36. The summed E-state index contributed by atoms with van der Waals surface area (Å²) in [6.45, 7) is 9.00. The van der Waals surface area contributed by atoms with E-state index in [1.807, 2.05) is 0 Å². The van der Waals surface area contributed by atoms with Crippen molar-refractivity contribution >= 4 is 0 Å². The van der Waals surface area contributed by atoms with E-state index < -0.39 is 0 Å². The largest absolute Gasteiger partial charge is 0.0651 e. The molecule has 0 fully saturated rings. The van der Waals surface area contributed by atoms with Crippen molar-refractivity contribution in [1.82, 2.24) is 0 Å². The van der Waals surface area contributed by atoms with E-state index in [0.717, 1.165) is 5.92 Å². The molecule has 0 radical (unpaired) electrons. The Kier molecular flexibility index (Phi) is 7.72. The molecule has 1 unspecified atom stereocenters. The van der Waals surface area contributed by atoms with Gasteiger partial charge in [-0.3, -0.25) is 0 Å². The topological polar surface area (TPSA) is 0 Å². The van der Waals surface area contributed by atoms with Gasteiger partial charge in [0.05, 0.1) is 0 Å². The van der Waals surface area contributed by atoms with Crippen molar-refractivity contribution in [3.05, 3.63) is 71.8 Å². The van der Waals surface area contributed by atoms with E-state index in [1.54, 1.807) is 0 Å². The van der Waals surface area contributed by atoms with Gasteiger partial charge in [0.15, 0.2) is 0 Å². The normalized spacial score (nSPS) is 11.7. The summed E-state index contributed by atoms with van der Waals surface area (Å²) in [4.78, 5) is 0. The molecule has 2 aromatic rings. The molecule has 0 nitrogen and oxygen atoms in total. The first-order valence-corrected chi connectivity index (χ1v) is 7.74. The molecule has 0 bridgehead atoms. The fourth-order valence-electron chi connectivity index (χ4n) is 2.07. The lowest BCUT2D eigenvalue weighted by molar-refractivity contribution is 0.535. The second-order valence-corrected chi connectivity index (χ2v) is 5.68. The number of hydrogen-bond acceptors (Lipinski definition) is 0. The minimum Gasteiger partial charge on any atom is -0.0651 e. The molecule has 0 amide bonds. The third kappa shape index (κ3) is 6.06. The van der Waals surface area contributed by atoms with Gasteiger partial charge in [-0.25, -0.2) is 0 Å². The second-order valence-electron chi connectivity index (χ2n) is 5.68. The standard InChI is InChI=1S/C11H16.C9H12/c1-9(2)10(3)11-7-5-4-6-8-11;1-2-6-9-7-4-3-5-8-9/h4-10H,1-3H3;3-5,7-8H,2,6H2,1H3. The number of aryl methyl sites for hydroxylation is 1. The highest BCUT2D eigenvalue weighted by Gasteiger charge is 2.07. The van der Waals surface area contributed by atoms with Gasteiger partial charge in [-0.05, 0) is 29.4 Å². The van der Waals surface area contributed by atoms with E-state index in [4.69, 9.17) is 0 Å². The molecule has 0 saturated heterocycles. The van der Waals surface area contributed by atoms with Gasteiger partial charge in [-0.1, -0.05) is 94.8 Å². The van der Waals surface area contributed by atoms with Crippen molar-refractivity contribution in [1.29, 1.82) is 0 Å². The summed E-state index contributed by atoms with van der Waals surface area (Å²) in [7, 11) is 0. The Hall–Kier alpha value is -1.56. The molecule has 20 heavy (non-hydrogen) atoms. The average Bonchev–Trinajstić information content (AvgIpc) is 2.49. The van der Waals surface area contributed by atoms with Gasteiger partial charge in [0.1, 0.15) is 0 Å². The zero-order chi connectivity index (χ0) is 14.8. The van der Waals surface area contributed by atoms with Gasteiger partial charge in [0.25, 0.3) is 0 Å². The van der Waals surface area contributed by atoms with Crippen LogP contribution in [0.2, 0.25) is 0 Å². The number of benzene rings is 2. The minimum atomic E-state index is 0.677. The zero-order valence-corrected chi connectivity index (χ0v) is 13.3. The molecular weight excluding hydrogens is 240 g/mol. The van der Waals surface area contributed by atoms with E-state index in [1.165, 1.54) is 24.0 Å². The Bertz CT molecular complexity index is 442. The van der Waals surface area contributed by atoms with Crippen LogP contribution in [-0.2, 0) is 6.42 Å². The SMILES string of the molecule is CC(C)C(C)c1ccccc1.CCCc1ccccc1. The molecule has 0 aliphatic rings. The van der Waals surface area contributed by atoms with Crippen LogP contribution < -0.4 is 0 Å². The Morgan fingerprint density at radius 3 is 1.70 bits per heavy atom. The fourth-order valence-corrected chi connectivity index (χ4v) is 2.07. The van der Waals surface area contributed by atoms with Crippen LogP contribution in [0, 0.1) is 5.92 Å². The molecule has 2 aromatic carbocycles. The lowest BCUT2D eigenvalue weighted by Gasteiger charge is -2.15. The van der Waals surface area contributed by atoms with Crippen molar-refractivity contribution < 1.29 is 0 Å². The third-order valence-corrected chi connectivity index (χ3v) is 3.71. The van der Waals surface area contributed by atoms with Gasteiger partial charge in [0, 0.05) is 0 Å². The van der Waals surface area contributed by atoms with Crippen molar-refractivity contribution in [2.24, 2.45) is 5.92 Å². The fraction of sp³-hybridized carbons (Fsp3) is 0.400. The molecule has 0 aliphatic heterocycles. The van der Waals surface area contributed by atoms with Gasteiger partial charge in [0.2, 0.25) is 0 Å². The predicted molar refractivity (Wildman–Crippen MR) is 90.1 cm³/mol. The quantitative estimate of drug-likeness (QED) is 0.630. The molecule has 0 heteroatoms. The Balaban J connectivity index is 0.000000204. The van der Waals surface area contributed by atoms with Crippen molar-refractivity contribution in [3.63, 3.8) is 0 Å². The van der Waals surface area contributed by atoms with E-state index in [2.05, 4.69) is 88.4 Å². The van der Waals surface area contributed by atoms with E-state index in [9.17, 15) is 0 Å². The van der Waals surface area contributed by atoms with Crippen LogP contribution in [0.1, 0.15) is 51.2 Å². The van der Waals surface area contributed by atoms with E-state index in [-0.39, 0.29) is 0 Å². The summed E-state index contributed by atoms with van der Waals surface area (Å²) in [6.07, 6.45) is 2.45. The maximum absolute atomic E-state index is 2.28. The molecule has 0 aromatic heterocycles. The summed E-state index contributed by atoms with van der Waals surface area (Å²) in [5.41, 5.74) is 2.89. The molecule has 2 rings (SSSR count). The summed E-state index contributed by atoms with van der Waals surface area (Å²) in [5.74, 6) is 1.41. The Morgan fingerprint density at radius 2 is 1.25 bits per heavy atom. The smallest absolute Gasteiger partial charge is 0.0167 e. The van der Waals surface area contributed by atoms with Crippen LogP contribution in [0.15, 0.2) is 60.7 Å². The van der Waals surface area contributed by atoms with Gasteiger partial charge in [-0.2, -0.15) is 0 Å². The highest BCUT2D eigenvalue weighted by Crippen LogP contribution is 2.22. The van der Waals surface area contributed by atoms with Gasteiger partial charge >= 0.3 is 0 Å². The first kappa shape index (κ1) is 16.5. The number of rotatable bonds is 4. The Labute approximate surface area is 124 Å². The first-order valence-electron chi connectivity index (χ1n) is 7.74. The van der Waals surface area contributed by atoms with Gasteiger partial charge in [-0.15, -0.1) is 0 Å². The predicted octanol–water partition coefficient (Wildman–Crippen LogP) is 6.09. The monoisotopic (exact) mass is 268 g/mol. The van der Waals surface area contributed by atoms with Crippen LogP contribution in [0.25, 0.3) is 0 Å². The molecule has 0 N–H and O–H groups in total. The molecule has 0 aliphatic carbocycles. The minimum absolute atomic E-state index is 0.677. The molecule has 0 heterocycles. The molecule has 108 valence electrons. The third-order valence-electron chi connectivity index (χ3n) is 3.71. The maximum atomic E-state index is 2.28. The molecule has 0 saturated carbocycles. The highest BCUT2D eigenvalue weighted by molar-refractivity contribution is 5.19. The summed E-state index contributed by atoms with van der Waals surface area (Å²) in [5, 5.41) is 0. The van der Waals surface area contributed by atoms with Gasteiger partial charge < -0.3 is 0 Å². The van der Waals surface area contributed by atoms with Crippen molar-refractivity contribution in [2.45, 2.75) is 46.5 Å². The van der Waals surface area contributed by atoms with E-state index >= 15 is 0 Å². The van der Waals surface area contributed by atoms with Crippen LogP contribution in [0.3, 0.4) is 0 Å². The summed E-state index contributed by atoms with van der Waals surface area (Å²) in [6, 6.07) is 21.2. The van der Waals surface area contributed by atoms with Crippen LogP contribution in [-0.4, -0.2) is 0 Å². The lowest BCUT2D eigenvalue weighted by Crippen LogP contribution is -2.00. The van der Waals surface area contributed by atoms with Crippen molar-refractivity contribution in [2.75, 3.05) is 0 Å². The average molecular weight is 268 g/mol. The highest BCUT2D eigenvalue weighted by atomic mass is 14.1. The zero-order valence-electron chi connectivity index (χ0n) is 13.3. The van der Waals surface area contributed by atoms with Crippen LogP contribution >= 0.6 is 0 Å². The number of hydrogen-bond donors (Lipinski definition) is 0.